The number of rotatable bonds is 4. The van der Waals surface area contributed by atoms with Crippen LogP contribution in [0.1, 0.15) is 38.2 Å². The molecule has 0 radical (unpaired) electrons. The highest BCUT2D eigenvalue weighted by molar-refractivity contribution is 7.99. The summed E-state index contributed by atoms with van der Waals surface area (Å²) in [4.78, 5) is 2.68. The Labute approximate surface area is 253 Å². The van der Waals surface area contributed by atoms with Gasteiger partial charge in [0.25, 0.3) is 0 Å². The molecular weight excluding hydrogens is 527 g/mol. The van der Waals surface area contributed by atoms with Gasteiger partial charge >= 0.3 is 0 Å². The van der Waals surface area contributed by atoms with E-state index in [4.69, 9.17) is 0 Å². The zero-order chi connectivity index (χ0) is 28.3. The summed E-state index contributed by atoms with van der Waals surface area (Å²) in [5.74, 6) is 0. The molecule has 1 heterocycles. The number of nitrogens with zero attached hydrogens (tertiary/aromatic N) is 1. The second-order valence-corrected chi connectivity index (χ2v) is 13.2. The van der Waals surface area contributed by atoms with Gasteiger partial charge < -0.3 is 4.90 Å². The summed E-state index contributed by atoms with van der Waals surface area (Å²) in [5.41, 5.74) is 9.44. The number of fused-ring (bicyclic) bond motifs is 5. The number of anilines is 2. The monoisotopic (exact) mass is 561 g/mol. The van der Waals surface area contributed by atoms with Gasteiger partial charge in [-0.15, -0.1) is 0 Å². The molecule has 42 heavy (non-hydrogen) atoms. The van der Waals surface area contributed by atoms with E-state index in [-0.39, 0.29) is 10.3 Å². The predicted octanol–water partition coefficient (Wildman–Crippen LogP) is 11.4. The molecule has 0 amide bonds. The van der Waals surface area contributed by atoms with Crippen molar-refractivity contribution in [2.24, 2.45) is 0 Å². The van der Waals surface area contributed by atoms with Crippen molar-refractivity contribution in [3.05, 3.63) is 133 Å². The normalized spacial score (nSPS) is 21.4. The van der Waals surface area contributed by atoms with Crippen molar-refractivity contribution < 1.29 is 0 Å². The first kappa shape index (κ1) is 25.7. The van der Waals surface area contributed by atoms with Crippen molar-refractivity contribution in [2.75, 3.05) is 11.2 Å². The van der Waals surface area contributed by atoms with E-state index in [1.165, 1.54) is 86.4 Å². The topological polar surface area (TPSA) is 3.24 Å². The van der Waals surface area contributed by atoms with Gasteiger partial charge in [0.2, 0.25) is 0 Å². The Balaban J connectivity index is 1.43. The van der Waals surface area contributed by atoms with Gasteiger partial charge in [0.1, 0.15) is 0 Å². The lowest BCUT2D eigenvalue weighted by atomic mass is 9.71. The molecule has 0 N–H and O–H groups in total. The number of thioether (sulfide) groups is 1. The maximum Gasteiger partial charge on any atom is 0.0658 e. The van der Waals surface area contributed by atoms with Crippen molar-refractivity contribution in [1.29, 1.82) is 0 Å². The highest BCUT2D eigenvalue weighted by Crippen LogP contribution is 2.65. The molecule has 0 spiro atoms. The minimum atomic E-state index is 0.0221. The third-order valence-electron chi connectivity index (χ3n) is 10.1. The molecule has 0 aromatic heterocycles. The molecule has 2 unspecified atom stereocenters. The Morgan fingerprint density at radius 2 is 1.10 bits per heavy atom. The molecule has 1 aliphatic heterocycles. The SMILES string of the molecule is CSC12CCCCC1(C)N(c1ccccc1)c1ccc(-c3c4ccccc4c(-c4ccccc4)c4ccccc34)cc12. The summed E-state index contributed by atoms with van der Waals surface area (Å²) < 4.78 is 0.0437. The van der Waals surface area contributed by atoms with Crippen molar-refractivity contribution in [3.8, 4) is 22.3 Å². The third-order valence-corrected chi connectivity index (χ3v) is 11.7. The molecule has 206 valence electrons. The molecule has 1 saturated carbocycles. The highest BCUT2D eigenvalue weighted by Gasteiger charge is 2.60. The van der Waals surface area contributed by atoms with Crippen LogP contribution in [0.25, 0.3) is 43.8 Å². The summed E-state index contributed by atoms with van der Waals surface area (Å²) in [6, 6.07) is 47.3. The summed E-state index contributed by atoms with van der Waals surface area (Å²) in [6.07, 6.45) is 7.30. The summed E-state index contributed by atoms with van der Waals surface area (Å²) in [5, 5.41) is 5.26. The fraction of sp³-hybridized carbons (Fsp3) is 0.200. The van der Waals surface area contributed by atoms with Crippen LogP contribution in [0.5, 0.6) is 0 Å². The zero-order valence-corrected chi connectivity index (χ0v) is 25.1. The second kappa shape index (κ2) is 9.78. The van der Waals surface area contributed by atoms with E-state index in [2.05, 4.69) is 157 Å². The van der Waals surface area contributed by atoms with Crippen LogP contribution in [-0.4, -0.2) is 11.8 Å². The van der Waals surface area contributed by atoms with Crippen LogP contribution in [0.15, 0.2) is 127 Å². The molecule has 1 nitrogen and oxygen atoms in total. The van der Waals surface area contributed by atoms with E-state index < -0.39 is 0 Å². The third kappa shape index (κ3) is 3.51. The highest BCUT2D eigenvalue weighted by atomic mass is 32.2. The maximum absolute atomic E-state index is 2.68. The van der Waals surface area contributed by atoms with Gasteiger partial charge in [-0.3, -0.25) is 0 Å². The van der Waals surface area contributed by atoms with E-state index in [0.29, 0.717) is 0 Å². The largest absolute Gasteiger partial charge is 0.334 e. The molecule has 8 rings (SSSR count). The Hall–Kier alpha value is -4.01. The lowest BCUT2D eigenvalue weighted by Gasteiger charge is -2.51. The fourth-order valence-electron chi connectivity index (χ4n) is 8.30. The fourth-order valence-corrected chi connectivity index (χ4v) is 9.66. The van der Waals surface area contributed by atoms with Gasteiger partial charge in [0.15, 0.2) is 0 Å². The molecular formula is C40H35NS. The van der Waals surface area contributed by atoms with Gasteiger partial charge in [0.05, 0.1) is 10.3 Å². The zero-order valence-electron chi connectivity index (χ0n) is 24.3. The minimum absolute atomic E-state index is 0.0221. The number of para-hydroxylation sites is 1. The number of benzene rings is 6. The van der Waals surface area contributed by atoms with Crippen molar-refractivity contribution in [3.63, 3.8) is 0 Å². The summed E-state index contributed by atoms with van der Waals surface area (Å²) in [7, 11) is 0. The Bertz CT molecular complexity index is 1890. The maximum atomic E-state index is 2.68. The molecule has 2 heteroatoms. The van der Waals surface area contributed by atoms with Crippen LogP contribution < -0.4 is 4.90 Å². The Kier molecular flexibility index (Phi) is 5.98. The van der Waals surface area contributed by atoms with Crippen LogP contribution in [0.2, 0.25) is 0 Å². The van der Waals surface area contributed by atoms with E-state index in [0.717, 1.165) is 0 Å². The molecule has 1 aliphatic carbocycles. The Morgan fingerprint density at radius 3 is 1.69 bits per heavy atom. The van der Waals surface area contributed by atoms with Crippen molar-refractivity contribution >= 4 is 44.7 Å². The first-order chi connectivity index (χ1) is 20.7. The van der Waals surface area contributed by atoms with Crippen molar-refractivity contribution in [2.45, 2.75) is 42.9 Å². The molecule has 6 aromatic rings. The standard InChI is InChI=1S/C40H35NS/c1-39-25-13-14-26-40(39,42-2)35-27-29(23-24-36(35)41(39)30-17-7-4-8-18-30)38-33-21-11-9-19-31(33)37(28-15-5-3-6-16-28)32-20-10-12-22-34(32)38/h3-12,15-24,27H,13-14,25-26H2,1-2H3. The average molecular weight is 562 g/mol. The summed E-state index contributed by atoms with van der Waals surface area (Å²) in [6.45, 7) is 2.52. The smallest absolute Gasteiger partial charge is 0.0658 e. The Morgan fingerprint density at radius 1 is 0.571 bits per heavy atom. The van der Waals surface area contributed by atoms with Crippen LogP contribution in [-0.2, 0) is 4.75 Å². The second-order valence-electron chi connectivity index (χ2n) is 12.1. The average Bonchev–Trinajstić information content (AvgIpc) is 3.28. The number of hydrogen-bond donors (Lipinski definition) is 0. The first-order valence-corrected chi connectivity index (χ1v) is 16.4. The van der Waals surface area contributed by atoms with Gasteiger partial charge in [-0.05, 0) is 99.6 Å². The van der Waals surface area contributed by atoms with Gasteiger partial charge in [-0.2, -0.15) is 11.8 Å². The summed E-state index contributed by atoms with van der Waals surface area (Å²) >= 11 is 2.07. The minimum Gasteiger partial charge on any atom is -0.334 e. The lowest BCUT2D eigenvalue weighted by Crippen LogP contribution is -2.54. The molecule has 6 aromatic carbocycles. The van der Waals surface area contributed by atoms with Crippen LogP contribution in [0.4, 0.5) is 11.4 Å². The molecule has 0 bridgehead atoms. The van der Waals surface area contributed by atoms with Crippen LogP contribution in [0.3, 0.4) is 0 Å². The van der Waals surface area contributed by atoms with Crippen LogP contribution >= 0.6 is 11.8 Å². The van der Waals surface area contributed by atoms with Crippen LogP contribution in [0, 0.1) is 0 Å². The lowest BCUT2D eigenvalue weighted by molar-refractivity contribution is 0.262. The first-order valence-electron chi connectivity index (χ1n) is 15.2. The van der Waals surface area contributed by atoms with E-state index >= 15 is 0 Å². The van der Waals surface area contributed by atoms with E-state index in [1.54, 1.807) is 0 Å². The molecule has 2 atom stereocenters. The molecule has 0 saturated heterocycles. The van der Waals surface area contributed by atoms with Gasteiger partial charge in [-0.1, -0.05) is 116 Å². The van der Waals surface area contributed by atoms with Gasteiger partial charge in [0, 0.05) is 11.4 Å². The number of hydrogen-bond acceptors (Lipinski definition) is 2. The molecule has 1 fully saturated rings. The van der Waals surface area contributed by atoms with E-state index in [9.17, 15) is 0 Å². The van der Waals surface area contributed by atoms with Gasteiger partial charge in [-0.25, -0.2) is 0 Å². The predicted molar refractivity (Wildman–Crippen MR) is 183 cm³/mol. The van der Waals surface area contributed by atoms with E-state index in [1.807, 2.05) is 0 Å². The van der Waals surface area contributed by atoms with Crippen molar-refractivity contribution in [1.82, 2.24) is 0 Å². The molecule has 2 aliphatic rings. The quantitative estimate of drug-likeness (QED) is 0.197.